The number of nitrogens with zero attached hydrogens (tertiary/aromatic N) is 1. The van der Waals surface area contributed by atoms with Gasteiger partial charge >= 0.3 is 0 Å². The Kier molecular flexibility index (Phi) is 4.78. The third-order valence-electron chi connectivity index (χ3n) is 3.67. The zero-order valence-electron chi connectivity index (χ0n) is 13.1. The zero-order valence-corrected chi connectivity index (χ0v) is 15.5. The van der Waals surface area contributed by atoms with E-state index in [-0.39, 0.29) is 11.7 Å². The summed E-state index contributed by atoms with van der Waals surface area (Å²) in [6, 6.07) is 13.0. The Bertz CT molecular complexity index is 853. The Morgan fingerprint density at radius 3 is 2.58 bits per heavy atom. The molecule has 2 aromatic carbocycles. The number of rotatable bonds is 2. The van der Waals surface area contributed by atoms with Gasteiger partial charge in [-0.15, -0.1) is 0 Å². The lowest BCUT2D eigenvalue weighted by Gasteiger charge is -2.04. The highest BCUT2D eigenvalue weighted by molar-refractivity contribution is 9.10. The van der Waals surface area contributed by atoms with Crippen molar-refractivity contribution in [2.24, 2.45) is 4.99 Å². The largest absolute Gasteiger partial charge is 0.506 e. The molecule has 0 unspecified atom stereocenters. The number of amides is 1. The fourth-order valence-electron chi connectivity index (χ4n) is 2.34. The predicted molar refractivity (Wildman–Crippen MR) is 102 cm³/mol. The molecule has 1 amide bonds. The highest BCUT2D eigenvalue weighted by atomic mass is 79.9. The van der Waals surface area contributed by atoms with E-state index in [4.69, 9.17) is 0 Å². The number of phenolic OH excluding ortho intramolecular Hbond substituents is 1. The van der Waals surface area contributed by atoms with Gasteiger partial charge in [-0.1, -0.05) is 40.2 Å². The molecule has 3 rings (SSSR count). The quantitative estimate of drug-likeness (QED) is 0.712. The number of aromatic hydroxyl groups is 1. The second-order valence-electron chi connectivity index (χ2n) is 5.38. The van der Waals surface area contributed by atoms with Crippen LogP contribution in [0.3, 0.4) is 0 Å². The van der Waals surface area contributed by atoms with Crippen LogP contribution in [0.1, 0.15) is 18.1 Å². The van der Waals surface area contributed by atoms with E-state index in [1.165, 1.54) is 11.8 Å². The zero-order chi connectivity index (χ0) is 17.3. The number of phenols is 1. The van der Waals surface area contributed by atoms with Gasteiger partial charge in [-0.25, -0.2) is 4.99 Å². The fourth-order valence-corrected chi connectivity index (χ4v) is 3.49. The van der Waals surface area contributed by atoms with Crippen LogP contribution in [0.2, 0.25) is 0 Å². The molecule has 0 atom stereocenters. The topological polar surface area (TPSA) is 61.7 Å². The minimum Gasteiger partial charge on any atom is -0.506 e. The van der Waals surface area contributed by atoms with Crippen LogP contribution in [0, 0.1) is 6.92 Å². The molecule has 2 N–H and O–H groups in total. The Morgan fingerprint density at radius 2 is 1.92 bits per heavy atom. The number of aliphatic imine (C=N–C) groups is 1. The number of benzene rings is 2. The predicted octanol–water partition coefficient (Wildman–Crippen LogP) is 4.74. The van der Waals surface area contributed by atoms with Gasteiger partial charge < -0.3 is 10.4 Å². The highest BCUT2D eigenvalue weighted by Gasteiger charge is 2.26. The summed E-state index contributed by atoms with van der Waals surface area (Å²) in [5, 5.41) is 13.2. The van der Waals surface area contributed by atoms with E-state index in [0.29, 0.717) is 15.8 Å². The first-order valence-corrected chi connectivity index (χ1v) is 8.90. The molecule has 0 radical (unpaired) electrons. The molecule has 24 heavy (non-hydrogen) atoms. The fraction of sp³-hybridized carbons (Fsp3) is 0.111. The molecule has 1 heterocycles. The van der Waals surface area contributed by atoms with Gasteiger partial charge in [0.05, 0.1) is 4.91 Å². The summed E-state index contributed by atoms with van der Waals surface area (Å²) < 4.78 is 0.991. The van der Waals surface area contributed by atoms with Gasteiger partial charge in [0.1, 0.15) is 11.4 Å². The van der Waals surface area contributed by atoms with E-state index >= 15 is 0 Å². The van der Waals surface area contributed by atoms with Gasteiger partial charge in [-0.3, -0.25) is 4.79 Å². The average molecular weight is 403 g/mol. The Hall–Kier alpha value is -2.05. The lowest BCUT2D eigenvalue weighted by Crippen LogP contribution is -2.19. The summed E-state index contributed by atoms with van der Waals surface area (Å²) in [6.07, 6.45) is 0. The van der Waals surface area contributed by atoms with Crippen molar-refractivity contribution in [1.82, 2.24) is 5.32 Å². The minimum absolute atomic E-state index is 0.0967. The molecule has 1 saturated heterocycles. The molecule has 1 fully saturated rings. The molecule has 0 spiro atoms. The standard InChI is InChI=1S/C18H15BrN2O2S/c1-10-4-3-5-14(22)15(10)20-18-21-17(23)16(24-18)11(2)12-6-8-13(19)9-7-12/h3-9,22H,1-2H3,(H,20,21,23)/b16-11-. The molecular weight excluding hydrogens is 388 g/mol. The summed E-state index contributed by atoms with van der Waals surface area (Å²) >= 11 is 4.69. The maximum Gasteiger partial charge on any atom is 0.264 e. The maximum absolute atomic E-state index is 12.3. The van der Waals surface area contributed by atoms with Gasteiger partial charge in [0.15, 0.2) is 5.17 Å². The van der Waals surface area contributed by atoms with Gasteiger partial charge in [0.2, 0.25) is 0 Å². The van der Waals surface area contributed by atoms with Crippen LogP contribution in [0.25, 0.3) is 5.57 Å². The first kappa shape index (κ1) is 16.8. The Labute approximate surface area is 152 Å². The summed E-state index contributed by atoms with van der Waals surface area (Å²) in [5.41, 5.74) is 3.20. The van der Waals surface area contributed by atoms with Gasteiger partial charge in [0, 0.05) is 4.47 Å². The Balaban J connectivity index is 1.95. The minimum atomic E-state index is -0.174. The number of aryl methyl sites for hydroxylation is 1. The van der Waals surface area contributed by atoms with Crippen LogP contribution in [0.15, 0.2) is 56.8 Å². The number of allylic oxidation sites excluding steroid dienone is 1. The number of hydrogen-bond donors (Lipinski definition) is 2. The lowest BCUT2D eigenvalue weighted by atomic mass is 10.1. The van der Waals surface area contributed by atoms with Gasteiger partial charge in [0.25, 0.3) is 5.91 Å². The van der Waals surface area contributed by atoms with Crippen LogP contribution >= 0.6 is 27.7 Å². The number of nitrogens with one attached hydrogen (secondary N) is 1. The molecule has 4 nitrogen and oxygen atoms in total. The van der Waals surface area contributed by atoms with Crippen molar-refractivity contribution in [3.63, 3.8) is 0 Å². The number of thioether (sulfide) groups is 1. The van der Waals surface area contributed by atoms with Crippen molar-refractivity contribution in [3.8, 4) is 5.75 Å². The molecule has 0 aliphatic carbocycles. The van der Waals surface area contributed by atoms with E-state index in [1.807, 2.05) is 44.2 Å². The summed E-state index contributed by atoms with van der Waals surface area (Å²) in [5.74, 6) is -0.0772. The second kappa shape index (κ2) is 6.83. The average Bonchev–Trinajstić information content (AvgIpc) is 2.92. The summed E-state index contributed by atoms with van der Waals surface area (Å²) in [7, 11) is 0. The molecule has 122 valence electrons. The number of halogens is 1. The number of para-hydroxylation sites is 1. The third kappa shape index (κ3) is 3.39. The number of carbonyl (C=O) groups excluding carboxylic acids is 1. The van der Waals surface area contributed by atoms with Crippen LogP contribution in [0.5, 0.6) is 5.75 Å². The molecule has 1 aliphatic rings. The van der Waals surface area contributed by atoms with Crippen molar-refractivity contribution in [2.45, 2.75) is 13.8 Å². The third-order valence-corrected chi connectivity index (χ3v) is 5.28. The van der Waals surface area contributed by atoms with Crippen molar-refractivity contribution >= 4 is 50.0 Å². The van der Waals surface area contributed by atoms with Gasteiger partial charge in [-0.2, -0.15) is 0 Å². The van der Waals surface area contributed by atoms with Crippen LogP contribution in [-0.4, -0.2) is 16.2 Å². The molecule has 6 heteroatoms. The molecule has 0 saturated carbocycles. The SMILES string of the molecule is C/C(=C1/SC(=Nc2c(C)cccc2O)NC1=O)c1ccc(Br)cc1. The Morgan fingerprint density at radius 1 is 1.21 bits per heavy atom. The maximum atomic E-state index is 12.3. The van der Waals surface area contributed by atoms with Crippen molar-refractivity contribution in [1.29, 1.82) is 0 Å². The highest BCUT2D eigenvalue weighted by Crippen LogP contribution is 2.36. The normalized spacial score (nSPS) is 18.0. The summed E-state index contributed by atoms with van der Waals surface area (Å²) in [6.45, 7) is 3.78. The molecule has 0 bridgehead atoms. The van der Waals surface area contributed by atoms with E-state index < -0.39 is 0 Å². The number of hydrogen-bond acceptors (Lipinski definition) is 4. The molecular formula is C18H15BrN2O2S. The summed E-state index contributed by atoms with van der Waals surface area (Å²) in [4.78, 5) is 17.3. The van der Waals surface area contributed by atoms with Crippen LogP contribution in [0.4, 0.5) is 5.69 Å². The molecule has 0 aromatic heterocycles. The van der Waals surface area contributed by atoms with E-state index in [9.17, 15) is 9.90 Å². The number of carbonyl (C=O) groups is 1. The van der Waals surface area contributed by atoms with Crippen LogP contribution in [-0.2, 0) is 4.79 Å². The van der Waals surface area contributed by atoms with Crippen molar-refractivity contribution < 1.29 is 9.90 Å². The first-order valence-electron chi connectivity index (χ1n) is 7.29. The van der Waals surface area contributed by atoms with Crippen molar-refractivity contribution in [3.05, 3.63) is 63.0 Å². The second-order valence-corrected chi connectivity index (χ2v) is 7.29. The van der Waals surface area contributed by atoms with Crippen molar-refractivity contribution in [2.75, 3.05) is 0 Å². The monoisotopic (exact) mass is 402 g/mol. The first-order chi connectivity index (χ1) is 11.5. The molecule has 2 aromatic rings. The molecule has 1 aliphatic heterocycles. The smallest absolute Gasteiger partial charge is 0.264 e. The lowest BCUT2D eigenvalue weighted by molar-refractivity contribution is -0.115. The van der Waals surface area contributed by atoms with E-state index in [0.717, 1.165) is 21.2 Å². The van der Waals surface area contributed by atoms with E-state index in [2.05, 4.69) is 26.2 Å². The van der Waals surface area contributed by atoms with Crippen LogP contribution < -0.4 is 5.32 Å². The van der Waals surface area contributed by atoms with Gasteiger partial charge in [-0.05, 0) is 60.5 Å². The van der Waals surface area contributed by atoms with E-state index in [1.54, 1.807) is 12.1 Å². The number of amidine groups is 1.